The third-order valence-corrected chi connectivity index (χ3v) is 0.711. The largest absolute Gasteiger partial charge is 0.267 e. The van der Waals surface area contributed by atoms with Crippen LogP contribution in [0.2, 0.25) is 0 Å². The molecule has 9 heavy (non-hydrogen) atoms. The minimum absolute atomic E-state index is 0.454. The third kappa shape index (κ3) is 4.19. The van der Waals surface area contributed by atoms with E-state index < -0.39 is 0 Å². The summed E-state index contributed by atoms with van der Waals surface area (Å²) in [6.07, 6.45) is 2.80. The minimum atomic E-state index is 0.454. The summed E-state index contributed by atoms with van der Waals surface area (Å²) in [6.45, 7) is 0. The summed E-state index contributed by atoms with van der Waals surface area (Å²) in [6, 6.07) is 0. The molecule has 1 aromatic heterocycles. The van der Waals surface area contributed by atoms with E-state index in [1.807, 2.05) is 0 Å². The van der Waals surface area contributed by atoms with Gasteiger partial charge in [0.05, 0.1) is 0 Å². The molecule has 4 nitrogen and oxygen atoms in total. The topological polar surface area (TPSA) is 64.7 Å². The Labute approximate surface area is 63.9 Å². The molecule has 0 saturated carbocycles. The van der Waals surface area contributed by atoms with Gasteiger partial charge in [-0.25, -0.2) is 15.0 Å². The van der Waals surface area contributed by atoms with Crippen molar-refractivity contribution in [3.05, 3.63) is 12.7 Å². The van der Waals surface area contributed by atoms with Crippen LogP contribution in [0.4, 0.5) is 0 Å². The summed E-state index contributed by atoms with van der Waals surface area (Å²) in [7, 11) is 0. The number of aromatic nitrogens is 3. The van der Waals surface area contributed by atoms with Gasteiger partial charge in [0.2, 0.25) is 0 Å². The lowest BCUT2D eigenvalue weighted by Crippen LogP contribution is -1.80. The lowest BCUT2D eigenvalue weighted by atomic mass is 11.1. The first-order valence-corrected chi connectivity index (χ1v) is 2.86. The van der Waals surface area contributed by atoms with Crippen LogP contribution in [0.25, 0.3) is 0 Å². The molecule has 0 spiro atoms. The van der Waals surface area contributed by atoms with Crippen molar-refractivity contribution in [2.75, 3.05) is 0 Å². The summed E-state index contributed by atoms with van der Waals surface area (Å²) in [5.74, 6) is 0. The highest BCUT2D eigenvalue weighted by Crippen LogP contribution is 1.86. The maximum atomic E-state index is 4.08. The van der Waals surface area contributed by atoms with Crippen LogP contribution in [0.3, 0.4) is 0 Å². The van der Waals surface area contributed by atoms with E-state index in [-0.39, 0.29) is 0 Å². The van der Waals surface area contributed by atoms with Crippen molar-refractivity contribution in [3.8, 4) is 0 Å². The Hall–Kier alpha value is -0.330. The molecule has 0 aromatic carbocycles. The van der Waals surface area contributed by atoms with Crippen LogP contribution in [0.15, 0.2) is 17.8 Å². The van der Waals surface area contributed by atoms with Gasteiger partial charge >= 0.3 is 0 Å². The zero-order valence-corrected chi connectivity index (χ0v) is 6.14. The fourth-order valence-corrected chi connectivity index (χ4v) is 0.336. The first kappa shape index (κ1) is 8.67. The molecule has 0 atom stereocenters. The molecule has 1 heterocycles. The molecule has 0 aliphatic heterocycles. The van der Waals surface area contributed by atoms with E-state index in [1.54, 1.807) is 0 Å². The van der Waals surface area contributed by atoms with Crippen molar-refractivity contribution < 1.29 is 0 Å². The Bertz CT molecular complexity index is 144. The lowest BCUT2D eigenvalue weighted by Gasteiger charge is -1.79. The molecule has 0 aliphatic rings. The molecule has 0 aliphatic carbocycles. The average Bonchev–Trinajstić information content (AvgIpc) is 1.94. The van der Waals surface area contributed by atoms with Crippen LogP contribution in [0.1, 0.15) is 0 Å². The van der Waals surface area contributed by atoms with Crippen molar-refractivity contribution >= 4 is 25.4 Å². The van der Waals surface area contributed by atoms with Crippen LogP contribution in [-0.4, -0.2) is 15.0 Å². The van der Waals surface area contributed by atoms with Crippen LogP contribution in [-0.2, 0) is 0 Å². The van der Waals surface area contributed by atoms with Gasteiger partial charge in [0.1, 0.15) is 12.7 Å². The molecule has 0 bridgehead atoms. The standard InChI is InChI=1S/C3H3N3S.H2NS/c7-3-5-1-4-2-6-3;1-2/h1-2H,(H,4,5,6,7);1H2. The first-order valence-electron chi connectivity index (χ1n) is 1.94. The summed E-state index contributed by atoms with van der Waals surface area (Å²) in [4.78, 5) is 10.8. The van der Waals surface area contributed by atoms with Crippen molar-refractivity contribution in [1.82, 2.24) is 15.0 Å². The van der Waals surface area contributed by atoms with Gasteiger partial charge in [-0.1, -0.05) is 0 Å². The molecule has 49 valence electrons. The molecule has 0 saturated heterocycles. The number of hydrogen-bond donors (Lipinski definition) is 2. The maximum Gasteiger partial charge on any atom is 0.187 e. The molecular weight excluding hydrogens is 156 g/mol. The second kappa shape index (κ2) is 5.80. The SMILES string of the molecule is N[S].Sc1ncncn1. The zero-order chi connectivity index (χ0) is 7.11. The highest BCUT2D eigenvalue weighted by Gasteiger charge is 1.76. The number of rotatable bonds is 0. The number of hydrogen-bond acceptors (Lipinski definition) is 5. The van der Waals surface area contributed by atoms with Gasteiger partial charge in [0.25, 0.3) is 0 Å². The molecular formula is C3H5N4S2. The number of nitrogens with two attached hydrogens (primary N) is 1. The van der Waals surface area contributed by atoms with E-state index in [9.17, 15) is 0 Å². The number of nitrogens with zero attached hydrogens (tertiary/aromatic N) is 3. The van der Waals surface area contributed by atoms with Crippen LogP contribution >= 0.6 is 25.4 Å². The normalized spacial score (nSPS) is 7.44. The quantitative estimate of drug-likeness (QED) is 0.534. The van der Waals surface area contributed by atoms with Crippen molar-refractivity contribution in [3.63, 3.8) is 0 Å². The lowest BCUT2D eigenvalue weighted by molar-refractivity contribution is 0.907. The van der Waals surface area contributed by atoms with Crippen molar-refractivity contribution in [2.24, 2.45) is 5.14 Å². The molecule has 1 rings (SSSR count). The highest BCUT2D eigenvalue weighted by molar-refractivity contribution is 7.80. The Morgan fingerprint density at radius 3 is 2.00 bits per heavy atom. The average molecular weight is 161 g/mol. The van der Waals surface area contributed by atoms with Gasteiger partial charge in [-0.3, -0.25) is 5.14 Å². The van der Waals surface area contributed by atoms with E-state index in [2.05, 4.69) is 45.5 Å². The van der Waals surface area contributed by atoms with Crippen molar-refractivity contribution in [1.29, 1.82) is 0 Å². The van der Waals surface area contributed by atoms with Crippen molar-refractivity contribution in [2.45, 2.75) is 5.16 Å². The van der Waals surface area contributed by atoms with E-state index in [1.165, 1.54) is 12.7 Å². The number of thiol groups is 1. The third-order valence-electron chi connectivity index (χ3n) is 0.480. The summed E-state index contributed by atoms with van der Waals surface area (Å²) in [5, 5.41) is 4.54. The zero-order valence-electron chi connectivity index (χ0n) is 4.43. The van der Waals surface area contributed by atoms with Crippen LogP contribution < -0.4 is 5.14 Å². The van der Waals surface area contributed by atoms with E-state index in [0.29, 0.717) is 5.16 Å². The smallest absolute Gasteiger partial charge is 0.187 e. The summed E-state index contributed by atoms with van der Waals surface area (Å²) in [5.41, 5.74) is 0. The predicted molar refractivity (Wildman–Crippen MR) is 38.9 cm³/mol. The highest BCUT2D eigenvalue weighted by atomic mass is 32.1. The summed E-state index contributed by atoms with van der Waals surface area (Å²) < 4.78 is 0. The Kier molecular flexibility index (Phi) is 5.59. The predicted octanol–water partition coefficient (Wildman–Crippen LogP) is 0.218. The molecule has 0 fully saturated rings. The van der Waals surface area contributed by atoms with Gasteiger partial charge in [-0.2, -0.15) is 0 Å². The molecule has 6 heteroatoms. The van der Waals surface area contributed by atoms with Gasteiger partial charge in [0.15, 0.2) is 5.16 Å². The Morgan fingerprint density at radius 1 is 1.33 bits per heavy atom. The Morgan fingerprint density at radius 2 is 1.78 bits per heavy atom. The maximum absolute atomic E-state index is 4.08. The van der Waals surface area contributed by atoms with Gasteiger partial charge in [-0.15, -0.1) is 12.6 Å². The van der Waals surface area contributed by atoms with E-state index >= 15 is 0 Å². The minimum Gasteiger partial charge on any atom is -0.267 e. The molecule has 1 aromatic rings. The van der Waals surface area contributed by atoms with E-state index in [4.69, 9.17) is 0 Å². The van der Waals surface area contributed by atoms with Gasteiger partial charge in [0, 0.05) is 12.8 Å². The summed E-state index contributed by atoms with van der Waals surface area (Å²) >= 11 is 7.41. The van der Waals surface area contributed by atoms with E-state index in [0.717, 1.165) is 0 Å². The second-order valence-corrected chi connectivity index (χ2v) is 1.34. The molecule has 1 radical (unpaired) electrons. The monoisotopic (exact) mass is 161 g/mol. The van der Waals surface area contributed by atoms with Gasteiger partial charge in [-0.05, 0) is 0 Å². The van der Waals surface area contributed by atoms with Gasteiger partial charge < -0.3 is 0 Å². The first-order chi connectivity index (χ1) is 4.39. The molecule has 0 amide bonds. The second-order valence-electron chi connectivity index (χ2n) is 0.938. The molecule has 2 N–H and O–H groups in total. The van der Waals surface area contributed by atoms with Crippen LogP contribution in [0, 0.1) is 0 Å². The fraction of sp³-hybridized carbons (Fsp3) is 0. The Balaban J connectivity index is 0.000000291. The van der Waals surface area contributed by atoms with Crippen LogP contribution in [0.5, 0.6) is 0 Å². The fourth-order valence-electron chi connectivity index (χ4n) is 0.233. The molecule has 0 unspecified atom stereocenters.